The summed E-state index contributed by atoms with van der Waals surface area (Å²) in [6.07, 6.45) is 1.89. The molecule has 0 radical (unpaired) electrons. The van der Waals surface area contributed by atoms with E-state index in [4.69, 9.17) is 11.6 Å². The first kappa shape index (κ1) is 16.0. The molecule has 0 aliphatic rings. The lowest BCUT2D eigenvalue weighted by Crippen LogP contribution is -2.34. The Balaban J connectivity index is 2.60. The first-order chi connectivity index (χ1) is 8.85. The zero-order valence-electron chi connectivity index (χ0n) is 11.7. The lowest BCUT2D eigenvalue weighted by molar-refractivity contribution is 0.0934. The lowest BCUT2D eigenvalue weighted by atomic mass is 9.88. The Labute approximate surface area is 119 Å². The molecule has 1 N–H and O–H groups in total. The fraction of sp³-hybridized carbons (Fsp3) is 0.533. The Kier molecular flexibility index (Phi) is 5.80. The van der Waals surface area contributed by atoms with Crippen molar-refractivity contribution < 1.29 is 9.18 Å². The van der Waals surface area contributed by atoms with Crippen molar-refractivity contribution in [2.45, 2.75) is 33.6 Å². The van der Waals surface area contributed by atoms with Crippen molar-refractivity contribution >= 4 is 17.5 Å². The summed E-state index contributed by atoms with van der Waals surface area (Å²) < 4.78 is 13.0. The lowest BCUT2D eigenvalue weighted by Gasteiger charge is -2.24. The van der Waals surface area contributed by atoms with E-state index in [1.54, 1.807) is 6.92 Å². The molecule has 0 aromatic heterocycles. The first-order valence-electron chi connectivity index (χ1n) is 6.46. The summed E-state index contributed by atoms with van der Waals surface area (Å²) in [6, 6.07) is 4.19. The van der Waals surface area contributed by atoms with Crippen LogP contribution in [0.1, 0.15) is 42.6 Å². The van der Waals surface area contributed by atoms with Crippen molar-refractivity contribution in [1.82, 2.24) is 5.32 Å². The Bertz CT molecular complexity index is 446. The molecule has 2 nitrogen and oxygen atoms in total. The van der Waals surface area contributed by atoms with Crippen LogP contribution < -0.4 is 5.32 Å². The summed E-state index contributed by atoms with van der Waals surface area (Å²) in [5.41, 5.74) is 1.18. The molecule has 4 heteroatoms. The summed E-state index contributed by atoms with van der Waals surface area (Å²) in [5, 5.41) is 2.90. The van der Waals surface area contributed by atoms with Gasteiger partial charge >= 0.3 is 0 Å². The van der Waals surface area contributed by atoms with Crippen molar-refractivity contribution in [2.24, 2.45) is 5.41 Å². The maximum atomic E-state index is 13.0. The van der Waals surface area contributed by atoms with Crippen LogP contribution in [0.3, 0.4) is 0 Å². The Morgan fingerprint density at radius 1 is 1.42 bits per heavy atom. The smallest absolute Gasteiger partial charge is 0.251 e. The average Bonchev–Trinajstić information content (AvgIpc) is 2.34. The number of amides is 1. The molecule has 0 fully saturated rings. The third-order valence-electron chi connectivity index (χ3n) is 3.15. The van der Waals surface area contributed by atoms with Gasteiger partial charge in [-0.1, -0.05) is 13.8 Å². The van der Waals surface area contributed by atoms with Gasteiger partial charge in [-0.05, 0) is 48.9 Å². The summed E-state index contributed by atoms with van der Waals surface area (Å²) in [4.78, 5) is 12.0. The summed E-state index contributed by atoms with van der Waals surface area (Å²) in [6.45, 7) is 6.50. The predicted molar refractivity (Wildman–Crippen MR) is 77.2 cm³/mol. The number of carbonyl (C=O) groups excluding carboxylic acids is 1. The SMILES string of the molecule is Cc1cc(F)ccc1C(=O)NCC(C)(C)CCCCl. The van der Waals surface area contributed by atoms with Gasteiger partial charge in [0.15, 0.2) is 0 Å². The molecule has 0 heterocycles. The third kappa shape index (κ3) is 5.19. The minimum absolute atomic E-state index is 0.0124. The third-order valence-corrected chi connectivity index (χ3v) is 3.42. The second kappa shape index (κ2) is 6.90. The Morgan fingerprint density at radius 3 is 2.68 bits per heavy atom. The van der Waals surface area contributed by atoms with Gasteiger partial charge in [0.1, 0.15) is 5.82 Å². The van der Waals surface area contributed by atoms with E-state index < -0.39 is 0 Å². The molecule has 0 saturated heterocycles. The van der Waals surface area contributed by atoms with Gasteiger partial charge in [0.05, 0.1) is 0 Å². The van der Waals surface area contributed by atoms with Crippen LogP contribution >= 0.6 is 11.6 Å². The first-order valence-corrected chi connectivity index (χ1v) is 6.99. The highest BCUT2D eigenvalue weighted by Crippen LogP contribution is 2.21. The molecular weight excluding hydrogens is 265 g/mol. The van der Waals surface area contributed by atoms with E-state index in [-0.39, 0.29) is 17.1 Å². The largest absolute Gasteiger partial charge is 0.351 e. The molecule has 1 aromatic rings. The van der Waals surface area contributed by atoms with E-state index in [1.165, 1.54) is 18.2 Å². The molecule has 19 heavy (non-hydrogen) atoms. The van der Waals surface area contributed by atoms with Crippen molar-refractivity contribution in [3.05, 3.63) is 35.1 Å². The number of hydrogen-bond acceptors (Lipinski definition) is 1. The Morgan fingerprint density at radius 2 is 2.11 bits per heavy atom. The second-order valence-corrected chi connectivity index (χ2v) is 5.98. The van der Waals surface area contributed by atoms with E-state index in [0.29, 0.717) is 23.6 Å². The topological polar surface area (TPSA) is 29.1 Å². The second-order valence-electron chi connectivity index (χ2n) is 5.60. The monoisotopic (exact) mass is 285 g/mol. The van der Waals surface area contributed by atoms with E-state index in [2.05, 4.69) is 19.2 Å². The van der Waals surface area contributed by atoms with Crippen molar-refractivity contribution in [1.29, 1.82) is 0 Å². The molecular formula is C15H21ClFNO. The highest BCUT2D eigenvalue weighted by atomic mass is 35.5. The fourth-order valence-corrected chi connectivity index (χ4v) is 2.06. The molecule has 1 aromatic carbocycles. The zero-order valence-corrected chi connectivity index (χ0v) is 12.5. The van der Waals surface area contributed by atoms with E-state index in [0.717, 1.165) is 12.8 Å². The van der Waals surface area contributed by atoms with Crippen LogP contribution in [0.4, 0.5) is 4.39 Å². The number of hydrogen-bond donors (Lipinski definition) is 1. The van der Waals surface area contributed by atoms with Gasteiger partial charge in [-0.15, -0.1) is 11.6 Å². The fourth-order valence-electron chi connectivity index (χ4n) is 1.93. The van der Waals surface area contributed by atoms with Crippen LogP contribution in [0.25, 0.3) is 0 Å². The van der Waals surface area contributed by atoms with Crippen LogP contribution in [-0.4, -0.2) is 18.3 Å². The number of benzene rings is 1. The zero-order chi connectivity index (χ0) is 14.5. The predicted octanol–water partition coefficient (Wildman–Crippen LogP) is 3.91. The minimum atomic E-state index is -0.323. The number of halogens is 2. The van der Waals surface area contributed by atoms with Crippen molar-refractivity contribution in [3.63, 3.8) is 0 Å². The van der Waals surface area contributed by atoms with Crippen LogP contribution in [0, 0.1) is 18.2 Å². The van der Waals surface area contributed by atoms with Gasteiger partial charge in [-0.2, -0.15) is 0 Å². The number of aryl methyl sites for hydroxylation is 1. The number of alkyl halides is 1. The maximum absolute atomic E-state index is 13.0. The molecule has 1 amide bonds. The molecule has 106 valence electrons. The highest BCUT2D eigenvalue weighted by molar-refractivity contribution is 6.17. The van der Waals surface area contributed by atoms with Gasteiger partial charge in [0.25, 0.3) is 5.91 Å². The van der Waals surface area contributed by atoms with Gasteiger partial charge in [0, 0.05) is 18.0 Å². The van der Waals surface area contributed by atoms with Crippen molar-refractivity contribution in [2.75, 3.05) is 12.4 Å². The molecule has 0 aliphatic heterocycles. The summed E-state index contributed by atoms with van der Waals surface area (Å²) >= 11 is 5.68. The van der Waals surface area contributed by atoms with E-state index >= 15 is 0 Å². The van der Waals surface area contributed by atoms with Crippen molar-refractivity contribution in [3.8, 4) is 0 Å². The van der Waals surface area contributed by atoms with Crippen LogP contribution in [0.2, 0.25) is 0 Å². The maximum Gasteiger partial charge on any atom is 0.251 e. The quantitative estimate of drug-likeness (QED) is 0.789. The molecule has 0 spiro atoms. The van der Waals surface area contributed by atoms with Gasteiger partial charge in [0.2, 0.25) is 0 Å². The average molecular weight is 286 g/mol. The Hall–Kier alpha value is -1.09. The molecule has 0 atom stereocenters. The highest BCUT2D eigenvalue weighted by Gasteiger charge is 2.19. The number of rotatable bonds is 6. The van der Waals surface area contributed by atoms with E-state index in [1.807, 2.05) is 0 Å². The molecule has 0 saturated carbocycles. The van der Waals surface area contributed by atoms with Crippen LogP contribution in [0.15, 0.2) is 18.2 Å². The van der Waals surface area contributed by atoms with E-state index in [9.17, 15) is 9.18 Å². The minimum Gasteiger partial charge on any atom is -0.351 e. The summed E-state index contributed by atoms with van der Waals surface area (Å²) in [7, 11) is 0. The van der Waals surface area contributed by atoms with Gasteiger partial charge in [-0.25, -0.2) is 4.39 Å². The summed E-state index contributed by atoms with van der Waals surface area (Å²) in [5.74, 6) is 0.155. The standard InChI is InChI=1S/C15H21ClFNO/c1-11-9-12(17)5-6-13(11)14(19)18-10-15(2,3)7-4-8-16/h5-6,9H,4,7-8,10H2,1-3H3,(H,18,19). The number of carbonyl (C=O) groups is 1. The van der Waals surface area contributed by atoms with Crippen LogP contribution in [0.5, 0.6) is 0 Å². The van der Waals surface area contributed by atoms with Gasteiger partial charge in [-0.3, -0.25) is 4.79 Å². The number of nitrogens with one attached hydrogen (secondary N) is 1. The molecule has 0 bridgehead atoms. The van der Waals surface area contributed by atoms with Crippen LogP contribution in [-0.2, 0) is 0 Å². The molecule has 0 unspecified atom stereocenters. The molecule has 1 rings (SSSR count). The molecule has 0 aliphatic carbocycles. The normalized spacial score (nSPS) is 11.4. The van der Waals surface area contributed by atoms with Gasteiger partial charge < -0.3 is 5.32 Å².